The van der Waals surface area contributed by atoms with Crippen LogP contribution in [0.2, 0.25) is 5.02 Å². The second-order valence-corrected chi connectivity index (χ2v) is 7.91. The van der Waals surface area contributed by atoms with Gasteiger partial charge in [-0.1, -0.05) is 11.6 Å². The smallest absolute Gasteiger partial charge is 0.163 e. The highest BCUT2D eigenvalue weighted by atomic mass is 35.5. The van der Waals surface area contributed by atoms with Crippen molar-refractivity contribution in [2.24, 2.45) is 0 Å². The Morgan fingerprint density at radius 2 is 1.68 bits per heavy atom. The third-order valence-electron chi connectivity index (χ3n) is 5.25. The molecule has 2 aliphatic rings. The molecule has 2 atom stereocenters. The van der Waals surface area contributed by atoms with Crippen LogP contribution < -0.4 is 14.8 Å². The van der Waals surface area contributed by atoms with Crippen LogP contribution in [-0.2, 0) is 9.47 Å². The molecule has 0 radical (unpaired) electrons. The molecule has 2 unspecified atom stereocenters. The molecule has 0 aliphatic carbocycles. The summed E-state index contributed by atoms with van der Waals surface area (Å²) in [6.45, 7) is 2.44. The van der Waals surface area contributed by atoms with E-state index >= 15 is 0 Å². The number of ether oxygens (including phenoxy) is 4. The minimum atomic E-state index is -0.480. The molecular formula is C22H21ClFN3O4. The number of aromatic nitrogens is 2. The number of benzene rings is 2. The topological polar surface area (TPSA) is 74.7 Å². The zero-order chi connectivity index (χ0) is 21.2. The van der Waals surface area contributed by atoms with Crippen molar-refractivity contribution < 1.29 is 23.3 Å². The summed E-state index contributed by atoms with van der Waals surface area (Å²) in [6.07, 6.45) is 3.03. The SMILES string of the molecule is Fc1ccc(Nc2ncnc3cc(OC4CCOC4)c(OC4CCOC4)cc23)cc1Cl. The molecule has 2 saturated heterocycles. The fourth-order valence-electron chi connectivity index (χ4n) is 3.63. The Hall–Kier alpha value is -2.68. The van der Waals surface area contributed by atoms with Gasteiger partial charge < -0.3 is 24.3 Å². The fraction of sp³-hybridized carbons (Fsp3) is 0.364. The van der Waals surface area contributed by atoms with E-state index in [0.717, 1.165) is 18.2 Å². The van der Waals surface area contributed by atoms with E-state index in [1.54, 1.807) is 6.07 Å². The van der Waals surface area contributed by atoms with E-state index in [-0.39, 0.29) is 17.2 Å². The number of rotatable bonds is 6. The van der Waals surface area contributed by atoms with Crippen molar-refractivity contribution in [1.82, 2.24) is 9.97 Å². The predicted octanol–water partition coefficient (Wildman–Crippen LogP) is 4.50. The molecule has 0 spiro atoms. The van der Waals surface area contributed by atoms with Crippen LogP contribution >= 0.6 is 11.6 Å². The van der Waals surface area contributed by atoms with E-state index in [0.29, 0.717) is 54.9 Å². The first-order valence-corrected chi connectivity index (χ1v) is 10.5. The van der Waals surface area contributed by atoms with Gasteiger partial charge in [0.25, 0.3) is 0 Å². The molecule has 0 saturated carbocycles. The first-order chi connectivity index (χ1) is 15.2. The number of nitrogens with one attached hydrogen (secondary N) is 1. The van der Waals surface area contributed by atoms with Gasteiger partial charge in [0, 0.05) is 30.0 Å². The minimum Gasteiger partial charge on any atom is -0.484 e. The summed E-state index contributed by atoms with van der Waals surface area (Å²) in [5.74, 6) is 1.29. The van der Waals surface area contributed by atoms with Gasteiger partial charge in [-0.25, -0.2) is 14.4 Å². The van der Waals surface area contributed by atoms with E-state index in [2.05, 4.69) is 15.3 Å². The van der Waals surface area contributed by atoms with Crippen molar-refractivity contribution >= 4 is 34.0 Å². The molecule has 0 amide bonds. The molecular weight excluding hydrogens is 425 g/mol. The van der Waals surface area contributed by atoms with Crippen molar-refractivity contribution in [1.29, 1.82) is 0 Å². The molecule has 3 aromatic rings. The highest BCUT2D eigenvalue weighted by Crippen LogP contribution is 2.37. The van der Waals surface area contributed by atoms with Crippen molar-refractivity contribution in [2.75, 3.05) is 31.7 Å². The van der Waals surface area contributed by atoms with Gasteiger partial charge in [-0.05, 0) is 24.3 Å². The van der Waals surface area contributed by atoms with E-state index in [1.807, 2.05) is 12.1 Å². The van der Waals surface area contributed by atoms with Crippen LogP contribution in [0.4, 0.5) is 15.9 Å². The molecule has 2 aliphatic heterocycles. The molecule has 5 rings (SSSR count). The van der Waals surface area contributed by atoms with E-state index in [9.17, 15) is 4.39 Å². The first-order valence-electron chi connectivity index (χ1n) is 10.2. The lowest BCUT2D eigenvalue weighted by molar-refractivity contribution is 0.123. The number of hydrogen-bond acceptors (Lipinski definition) is 7. The average molecular weight is 446 g/mol. The minimum absolute atomic E-state index is 0.0274. The quantitative estimate of drug-likeness (QED) is 0.598. The molecule has 2 fully saturated rings. The Morgan fingerprint density at radius 1 is 0.968 bits per heavy atom. The molecule has 2 aromatic carbocycles. The Morgan fingerprint density at radius 3 is 2.32 bits per heavy atom. The second-order valence-electron chi connectivity index (χ2n) is 7.50. The Labute approximate surface area is 183 Å². The summed E-state index contributed by atoms with van der Waals surface area (Å²) >= 11 is 5.91. The van der Waals surface area contributed by atoms with E-state index in [4.69, 9.17) is 30.5 Å². The van der Waals surface area contributed by atoms with Gasteiger partial charge >= 0.3 is 0 Å². The van der Waals surface area contributed by atoms with Gasteiger partial charge in [0.05, 0.1) is 37.0 Å². The predicted molar refractivity (Wildman–Crippen MR) is 114 cm³/mol. The van der Waals surface area contributed by atoms with Crippen LogP contribution in [0, 0.1) is 5.82 Å². The maximum Gasteiger partial charge on any atom is 0.163 e. The number of hydrogen-bond donors (Lipinski definition) is 1. The number of anilines is 2. The summed E-state index contributed by atoms with van der Waals surface area (Å²) in [4.78, 5) is 8.75. The summed E-state index contributed by atoms with van der Waals surface area (Å²) in [5.41, 5.74) is 1.30. The molecule has 1 aromatic heterocycles. The summed E-state index contributed by atoms with van der Waals surface area (Å²) in [7, 11) is 0. The molecule has 7 nitrogen and oxygen atoms in total. The Balaban J connectivity index is 1.51. The largest absolute Gasteiger partial charge is 0.484 e. The summed E-state index contributed by atoms with van der Waals surface area (Å²) in [5, 5.41) is 3.96. The highest BCUT2D eigenvalue weighted by Gasteiger charge is 2.24. The maximum absolute atomic E-state index is 13.5. The van der Waals surface area contributed by atoms with Gasteiger partial charge in [0.15, 0.2) is 11.5 Å². The summed E-state index contributed by atoms with van der Waals surface area (Å²) < 4.78 is 36.8. The summed E-state index contributed by atoms with van der Waals surface area (Å²) in [6, 6.07) is 8.13. The lowest BCUT2D eigenvalue weighted by Gasteiger charge is -2.20. The van der Waals surface area contributed by atoms with Crippen molar-refractivity contribution in [2.45, 2.75) is 25.0 Å². The van der Waals surface area contributed by atoms with Crippen LogP contribution in [0.25, 0.3) is 10.9 Å². The standard InChI is InChI=1S/C22H21ClFN3O4/c23-17-7-13(1-2-18(17)24)27-22-16-8-20(30-14-3-5-28-10-14)21(9-19(16)25-12-26-22)31-15-4-6-29-11-15/h1-2,7-9,12,14-15H,3-6,10-11H2,(H,25,26,27). The average Bonchev–Trinajstić information content (AvgIpc) is 3.46. The zero-order valence-electron chi connectivity index (χ0n) is 16.6. The van der Waals surface area contributed by atoms with Gasteiger partial charge in [-0.2, -0.15) is 0 Å². The fourth-order valence-corrected chi connectivity index (χ4v) is 3.81. The molecule has 3 heterocycles. The van der Waals surface area contributed by atoms with Crippen molar-refractivity contribution in [3.63, 3.8) is 0 Å². The Kier molecular flexibility index (Phi) is 5.76. The van der Waals surface area contributed by atoms with Crippen LogP contribution in [0.3, 0.4) is 0 Å². The molecule has 31 heavy (non-hydrogen) atoms. The van der Waals surface area contributed by atoms with Gasteiger partial charge in [0.1, 0.15) is 30.2 Å². The van der Waals surface area contributed by atoms with Crippen LogP contribution in [-0.4, -0.2) is 48.6 Å². The molecule has 9 heteroatoms. The van der Waals surface area contributed by atoms with Crippen LogP contribution in [0.1, 0.15) is 12.8 Å². The first kappa shape index (κ1) is 20.2. The lowest BCUT2D eigenvalue weighted by Crippen LogP contribution is -2.19. The maximum atomic E-state index is 13.5. The zero-order valence-corrected chi connectivity index (χ0v) is 17.4. The molecule has 0 bridgehead atoms. The van der Waals surface area contributed by atoms with Gasteiger partial charge in [-0.3, -0.25) is 0 Å². The van der Waals surface area contributed by atoms with Gasteiger partial charge in [-0.15, -0.1) is 0 Å². The lowest BCUT2D eigenvalue weighted by atomic mass is 10.2. The number of fused-ring (bicyclic) bond motifs is 1. The van der Waals surface area contributed by atoms with Crippen molar-refractivity contribution in [3.05, 3.63) is 47.5 Å². The van der Waals surface area contributed by atoms with Crippen molar-refractivity contribution in [3.8, 4) is 11.5 Å². The monoisotopic (exact) mass is 445 g/mol. The van der Waals surface area contributed by atoms with E-state index in [1.165, 1.54) is 18.5 Å². The van der Waals surface area contributed by atoms with E-state index < -0.39 is 5.82 Å². The number of nitrogens with zero attached hydrogens (tertiary/aromatic N) is 2. The molecule has 162 valence electrons. The van der Waals surface area contributed by atoms with Gasteiger partial charge in [0.2, 0.25) is 0 Å². The Bertz CT molecular complexity index is 1090. The third kappa shape index (κ3) is 4.51. The number of halogens is 2. The third-order valence-corrected chi connectivity index (χ3v) is 5.54. The highest BCUT2D eigenvalue weighted by molar-refractivity contribution is 6.31. The van der Waals surface area contributed by atoms with Crippen LogP contribution in [0.5, 0.6) is 11.5 Å². The van der Waals surface area contributed by atoms with Crippen LogP contribution in [0.15, 0.2) is 36.7 Å². The second kappa shape index (κ2) is 8.82. The normalized spacial score (nSPS) is 20.8. The molecule has 1 N–H and O–H groups in total.